The number of aromatic nitrogens is 4. The fourth-order valence-corrected chi connectivity index (χ4v) is 3.78. The van der Waals surface area contributed by atoms with Gasteiger partial charge >= 0.3 is 0 Å². The zero-order valence-corrected chi connectivity index (χ0v) is 15.9. The molecule has 4 rings (SSSR count). The third kappa shape index (κ3) is 2.86. The van der Waals surface area contributed by atoms with Crippen molar-refractivity contribution in [1.82, 2.24) is 20.2 Å². The highest BCUT2D eigenvalue weighted by molar-refractivity contribution is 6.31. The number of rotatable bonds is 4. The summed E-state index contributed by atoms with van der Waals surface area (Å²) in [5.74, 6) is -0.107. The lowest BCUT2D eigenvalue weighted by molar-refractivity contribution is 0.407. The highest BCUT2D eigenvalue weighted by Crippen LogP contribution is 2.40. The van der Waals surface area contributed by atoms with Crippen molar-refractivity contribution in [2.45, 2.75) is 19.8 Å². The second kappa shape index (κ2) is 6.70. The Balaban J connectivity index is 1.87. The second-order valence-corrected chi connectivity index (χ2v) is 6.85. The molecule has 4 aromatic rings. The third-order valence-corrected chi connectivity index (χ3v) is 5.30. The lowest BCUT2D eigenvalue weighted by Crippen LogP contribution is -2.02. The van der Waals surface area contributed by atoms with E-state index < -0.39 is 5.82 Å². The topological polar surface area (TPSA) is 66.6 Å². The average molecular weight is 385 g/mol. The summed E-state index contributed by atoms with van der Waals surface area (Å²) >= 11 is 6.28. The standard InChI is InChI=1S/C20H18ClFN4O/c1-10(18-17(27-3)5-4-16(22)19(18)21)14-8-24-20-13(14)6-12(7-23-20)15-9-25-26-11(15)2/h4-10H,1-3H3,(H,23,24)(H,25,26). The summed E-state index contributed by atoms with van der Waals surface area (Å²) in [6.07, 6.45) is 5.47. The first-order valence-corrected chi connectivity index (χ1v) is 8.88. The molecule has 1 atom stereocenters. The predicted octanol–water partition coefficient (Wildman–Crippen LogP) is 5.21. The van der Waals surface area contributed by atoms with Crippen molar-refractivity contribution in [2.75, 3.05) is 7.11 Å². The van der Waals surface area contributed by atoms with E-state index in [1.807, 2.05) is 20.0 Å². The molecule has 0 saturated carbocycles. The maximum Gasteiger partial charge on any atom is 0.142 e. The van der Waals surface area contributed by atoms with Gasteiger partial charge in [0.2, 0.25) is 0 Å². The van der Waals surface area contributed by atoms with E-state index >= 15 is 0 Å². The van der Waals surface area contributed by atoms with Gasteiger partial charge in [-0.15, -0.1) is 0 Å². The van der Waals surface area contributed by atoms with Crippen molar-refractivity contribution in [3.05, 3.63) is 64.5 Å². The van der Waals surface area contributed by atoms with Crippen molar-refractivity contribution in [3.8, 4) is 16.9 Å². The zero-order chi connectivity index (χ0) is 19.1. The maximum atomic E-state index is 14.1. The van der Waals surface area contributed by atoms with Crippen molar-refractivity contribution in [2.24, 2.45) is 0 Å². The first kappa shape index (κ1) is 17.5. The quantitative estimate of drug-likeness (QED) is 0.507. The largest absolute Gasteiger partial charge is 0.496 e. The molecule has 5 nitrogen and oxygen atoms in total. The Morgan fingerprint density at radius 2 is 2.07 bits per heavy atom. The van der Waals surface area contributed by atoms with Crippen LogP contribution in [0, 0.1) is 12.7 Å². The highest BCUT2D eigenvalue weighted by atomic mass is 35.5. The lowest BCUT2D eigenvalue weighted by Gasteiger charge is -2.17. The van der Waals surface area contributed by atoms with Crippen LogP contribution in [0.3, 0.4) is 0 Å². The number of pyridine rings is 1. The number of ether oxygens (including phenoxy) is 1. The molecule has 0 amide bonds. The van der Waals surface area contributed by atoms with Crippen molar-refractivity contribution < 1.29 is 9.13 Å². The number of H-pyrrole nitrogens is 2. The Labute approximate surface area is 160 Å². The van der Waals surface area contributed by atoms with Crippen LogP contribution >= 0.6 is 11.6 Å². The van der Waals surface area contributed by atoms with Gasteiger partial charge in [-0.1, -0.05) is 18.5 Å². The molecule has 1 unspecified atom stereocenters. The van der Waals surface area contributed by atoms with Gasteiger partial charge in [0.25, 0.3) is 0 Å². The molecule has 2 N–H and O–H groups in total. The van der Waals surface area contributed by atoms with E-state index in [0.29, 0.717) is 11.3 Å². The highest BCUT2D eigenvalue weighted by Gasteiger charge is 2.23. The maximum absolute atomic E-state index is 14.1. The van der Waals surface area contributed by atoms with Gasteiger partial charge in [-0.2, -0.15) is 5.10 Å². The number of benzene rings is 1. The fraction of sp³-hybridized carbons (Fsp3) is 0.200. The van der Waals surface area contributed by atoms with Gasteiger partial charge in [0.05, 0.1) is 18.3 Å². The Kier molecular flexibility index (Phi) is 4.36. The Bertz CT molecular complexity index is 1130. The van der Waals surface area contributed by atoms with Crippen molar-refractivity contribution >= 4 is 22.6 Å². The number of aromatic amines is 2. The molecule has 7 heteroatoms. The first-order chi connectivity index (χ1) is 13.0. The minimum Gasteiger partial charge on any atom is -0.496 e. The fourth-order valence-electron chi connectivity index (χ4n) is 3.46. The van der Waals surface area contributed by atoms with Crippen molar-refractivity contribution in [1.29, 1.82) is 0 Å². The van der Waals surface area contributed by atoms with Crippen LogP contribution in [0.4, 0.5) is 4.39 Å². The van der Waals surface area contributed by atoms with Gasteiger partial charge in [0.15, 0.2) is 0 Å². The number of fused-ring (bicyclic) bond motifs is 1. The van der Waals surface area contributed by atoms with E-state index in [-0.39, 0.29) is 10.9 Å². The van der Waals surface area contributed by atoms with E-state index in [2.05, 4.69) is 26.2 Å². The molecule has 0 aliphatic heterocycles. The number of aryl methyl sites for hydroxylation is 1. The first-order valence-electron chi connectivity index (χ1n) is 8.50. The zero-order valence-electron chi connectivity index (χ0n) is 15.1. The van der Waals surface area contributed by atoms with Crippen LogP contribution < -0.4 is 4.74 Å². The van der Waals surface area contributed by atoms with Crippen LogP contribution in [-0.2, 0) is 0 Å². The second-order valence-electron chi connectivity index (χ2n) is 6.47. The van der Waals surface area contributed by atoms with E-state index in [1.54, 1.807) is 25.6 Å². The van der Waals surface area contributed by atoms with Crippen LogP contribution in [0.5, 0.6) is 5.75 Å². The molecule has 3 aromatic heterocycles. The summed E-state index contributed by atoms with van der Waals surface area (Å²) in [6.45, 7) is 3.94. The predicted molar refractivity (Wildman–Crippen MR) is 104 cm³/mol. The van der Waals surface area contributed by atoms with Crippen LogP contribution in [0.15, 0.2) is 36.8 Å². The minimum atomic E-state index is -0.466. The van der Waals surface area contributed by atoms with Crippen molar-refractivity contribution in [3.63, 3.8) is 0 Å². The number of halogens is 2. The van der Waals surface area contributed by atoms with Gasteiger partial charge in [-0.25, -0.2) is 9.37 Å². The van der Waals surface area contributed by atoms with E-state index in [4.69, 9.17) is 16.3 Å². The molecule has 0 aliphatic carbocycles. The van der Waals surface area contributed by atoms with Crippen LogP contribution in [-0.4, -0.2) is 27.3 Å². The molecule has 0 radical (unpaired) electrons. The normalized spacial score (nSPS) is 12.5. The number of nitrogens with zero attached hydrogens (tertiary/aromatic N) is 2. The molecule has 0 aliphatic rings. The van der Waals surface area contributed by atoms with Gasteiger partial charge in [-0.05, 0) is 30.7 Å². The van der Waals surface area contributed by atoms with Crippen LogP contribution in [0.1, 0.15) is 29.7 Å². The Hall–Kier alpha value is -2.86. The molecule has 0 bridgehead atoms. The Morgan fingerprint density at radius 3 is 2.78 bits per heavy atom. The summed E-state index contributed by atoms with van der Waals surface area (Å²) in [7, 11) is 1.55. The summed E-state index contributed by atoms with van der Waals surface area (Å²) < 4.78 is 19.5. The van der Waals surface area contributed by atoms with E-state index in [0.717, 1.165) is 33.4 Å². The lowest BCUT2D eigenvalue weighted by atomic mass is 9.91. The summed E-state index contributed by atoms with van der Waals surface area (Å²) in [5.41, 5.74) is 5.25. The third-order valence-electron chi connectivity index (χ3n) is 4.92. The van der Waals surface area contributed by atoms with Gasteiger partial charge in [-0.3, -0.25) is 5.10 Å². The summed E-state index contributed by atoms with van der Waals surface area (Å²) in [6, 6.07) is 4.97. The molecule has 138 valence electrons. The number of hydrogen-bond donors (Lipinski definition) is 2. The molecule has 0 saturated heterocycles. The van der Waals surface area contributed by atoms with E-state index in [9.17, 15) is 4.39 Å². The summed E-state index contributed by atoms with van der Waals surface area (Å²) in [4.78, 5) is 7.71. The van der Waals surface area contributed by atoms with E-state index in [1.165, 1.54) is 6.07 Å². The van der Waals surface area contributed by atoms with Gasteiger partial charge in [0.1, 0.15) is 17.2 Å². The minimum absolute atomic E-state index is 0.0750. The molecule has 1 aromatic carbocycles. The molecule has 27 heavy (non-hydrogen) atoms. The molecule has 0 spiro atoms. The number of hydrogen-bond acceptors (Lipinski definition) is 3. The summed E-state index contributed by atoms with van der Waals surface area (Å²) in [5, 5.41) is 8.04. The average Bonchev–Trinajstić information content (AvgIpc) is 3.28. The number of methoxy groups -OCH3 is 1. The Morgan fingerprint density at radius 1 is 1.26 bits per heavy atom. The molecular weight excluding hydrogens is 367 g/mol. The smallest absolute Gasteiger partial charge is 0.142 e. The molecule has 3 heterocycles. The monoisotopic (exact) mass is 384 g/mol. The van der Waals surface area contributed by atoms with Gasteiger partial charge in [0, 0.05) is 46.1 Å². The van der Waals surface area contributed by atoms with Crippen LogP contribution in [0.2, 0.25) is 5.02 Å². The number of nitrogens with one attached hydrogen (secondary N) is 2. The molecular formula is C20H18ClFN4O. The SMILES string of the molecule is COc1ccc(F)c(Cl)c1C(C)c1c[nH]c2ncc(-c3cn[nH]c3C)cc12. The van der Waals surface area contributed by atoms with Gasteiger partial charge < -0.3 is 9.72 Å². The molecule has 0 fully saturated rings. The van der Waals surface area contributed by atoms with Crippen LogP contribution in [0.25, 0.3) is 22.2 Å².